The first kappa shape index (κ1) is 28.3. The van der Waals surface area contributed by atoms with Crippen LogP contribution >= 0.6 is 37.9 Å². The summed E-state index contributed by atoms with van der Waals surface area (Å²) in [6, 6.07) is 0. The van der Waals surface area contributed by atoms with Crippen molar-refractivity contribution >= 4 is 55.8 Å². The van der Waals surface area contributed by atoms with Crippen molar-refractivity contribution < 1.29 is 45.0 Å². The van der Waals surface area contributed by atoms with Gasteiger partial charge in [-0.1, -0.05) is 0 Å². The summed E-state index contributed by atoms with van der Waals surface area (Å²) in [6.07, 6.45) is -1.23. The van der Waals surface area contributed by atoms with Crippen LogP contribution in [0.3, 0.4) is 0 Å². The van der Waals surface area contributed by atoms with E-state index in [1.54, 1.807) is 0 Å². The zero-order valence-corrected chi connectivity index (χ0v) is 18.5. The largest absolute Gasteiger partial charge is 0.481 e. The normalized spacial score (nSPS) is 17.2. The molecule has 9 nitrogen and oxygen atoms in total. The summed E-state index contributed by atoms with van der Waals surface area (Å²) in [4.78, 5) is 33.3. The molecule has 0 fully saturated rings. The van der Waals surface area contributed by atoms with Crippen LogP contribution in [-0.2, 0) is 14.4 Å². The van der Waals surface area contributed by atoms with Gasteiger partial charge in [-0.15, -0.1) is 0 Å². The molecule has 6 N–H and O–H groups in total. The van der Waals surface area contributed by atoms with Gasteiger partial charge in [0.25, 0.3) is 0 Å². The second kappa shape index (κ2) is 12.9. The monoisotopic (exact) mass is 474 g/mol. The fourth-order valence-electron chi connectivity index (χ4n) is 3.73. The number of hydrogen-bond donors (Lipinski definition) is 9. The molecule has 3 atom stereocenters. The molecule has 0 spiro atoms. The Kier molecular flexibility index (Phi) is 12.6. The van der Waals surface area contributed by atoms with E-state index >= 15 is 0 Å². The maximum Gasteiger partial charge on any atom is 0.304 e. The van der Waals surface area contributed by atoms with Crippen LogP contribution in [0, 0.1) is 10.8 Å². The predicted octanol–water partition coefficient (Wildman–Crippen LogP) is 0.426. The molecule has 0 radical (unpaired) electrons. The second-order valence-electron chi connectivity index (χ2n) is 7.40. The Hall–Kier alpha value is -0.660. The minimum absolute atomic E-state index is 0.0442. The van der Waals surface area contributed by atoms with E-state index < -0.39 is 64.3 Å². The first-order valence-electron chi connectivity index (χ1n) is 8.89. The smallest absolute Gasteiger partial charge is 0.304 e. The Bertz CT molecular complexity index is 486. The standard InChI is InChI=1S/C17H30O9S3/c18-7-17(8-19,9-20)16(4-10(27)1-13(21)22,5-11(28)2-14(23)24)6-12(29)3-15(25)26/h10-12,18-20,27-29H,1-9H2,(H,21,22)(H,23,24)(H,25,26). The minimum Gasteiger partial charge on any atom is -0.481 e. The van der Waals surface area contributed by atoms with Crippen LogP contribution in [0.2, 0.25) is 0 Å². The Morgan fingerprint density at radius 2 is 0.828 bits per heavy atom. The molecular formula is C17H30O9S3. The molecule has 0 bridgehead atoms. The predicted molar refractivity (Wildman–Crippen MR) is 115 cm³/mol. The average molecular weight is 475 g/mol. The lowest BCUT2D eigenvalue weighted by Gasteiger charge is -2.51. The van der Waals surface area contributed by atoms with Crippen LogP contribution in [0.4, 0.5) is 0 Å². The molecular weight excluding hydrogens is 444 g/mol. The number of aliphatic carboxylic acids is 3. The lowest BCUT2D eigenvalue weighted by molar-refractivity contribution is -0.137. The van der Waals surface area contributed by atoms with Crippen molar-refractivity contribution in [2.24, 2.45) is 10.8 Å². The number of hydrogen-bond acceptors (Lipinski definition) is 9. The number of aliphatic hydroxyl groups is 3. The molecule has 0 heterocycles. The summed E-state index contributed by atoms with van der Waals surface area (Å²) in [5.74, 6) is -3.41. The summed E-state index contributed by atoms with van der Waals surface area (Å²) < 4.78 is 0. The van der Waals surface area contributed by atoms with Gasteiger partial charge in [0.2, 0.25) is 0 Å². The molecule has 0 aliphatic rings. The van der Waals surface area contributed by atoms with E-state index in [0.717, 1.165) is 0 Å². The van der Waals surface area contributed by atoms with E-state index in [2.05, 4.69) is 37.9 Å². The SMILES string of the molecule is O=C(O)CC(S)CC(CC(S)CC(=O)O)(CC(S)CC(=O)O)C(CO)(CO)CO. The van der Waals surface area contributed by atoms with Crippen molar-refractivity contribution in [3.05, 3.63) is 0 Å². The maximum absolute atomic E-state index is 11.1. The number of aliphatic hydroxyl groups excluding tert-OH is 3. The number of rotatable bonds is 16. The van der Waals surface area contributed by atoms with Gasteiger partial charge in [0.15, 0.2) is 0 Å². The van der Waals surface area contributed by atoms with Crippen molar-refractivity contribution in [2.75, 3.05) is 19.8 Å². The average Bonchev–Trinajstić information content (AvgIpc) is 2.53. The number of thiol groups is 3. The molecule has 0 amide bonds. The zero-order chi connectivity index (χ0) is 22.8. The van der Waals surface area contributed by atoms with Crippen LogP contribution in [0.5, 0.6) is 0 Å². The van der Waals surface area contributed by atoms with Gasteiger partial charge < -0.3 is 30.6 Å². The lowest BCUT2D eigenvalue weighted by Crippen LogP contribution is -2.53. The third kappa shape index (κ3) is 8.93. The molecule has 0 aromatic rings. The molecule has 0 aliphatic carbocycles. The first-order chi connectivity index (χ1) is 13.4. The summed E-state index contributed by atoms with van der Waals surface area (Å²) in [7, 11) is 0. The van der Waals surface area contributed by atoms with Gasteiger partial charge in [0.1, 0.15) is 0 Å². The van der Waals surface area contributed by atoms with Crippen molar-refractivity contribution in [3.8, 4) is 0 Å². The lowest BCUT2D eigenvalue weighted by atomic mass is 9.57. The molecule has 0 aromatic heterocycles. The van der Waals surface area contributed by atoms with Gasteiger partial charge in [0.05, 0.1) is 39.1 Å². The summed E-state index contributed by atoms with van der Waals surface area (Å²) in [5, 5.41) is 55.1. The van der Waals surface area contributed by atoms with Crippen LogP contribution in [0.1, 0.15) is 38.5 Å². The number of carbonyl (C=O) groups is 3. The van der Waals surface area contributed by atoms with Gasteiger partial charge in [-0.25, -0.2) is 0 Å². The molecule has 0 aromatic carbocycles. The molecule has 0 aliphatic heterocycles. The highest BCUT2D eigenvalue weighted by atomic mass is 32.1. The van der Waals surface area contributed by atoms with Gasteiger partial charge in [-0.2, -0.15) is 37.9 Å². The van der Waals surface area contributed by atoms with Crippen molar-refractivity contribution in [2.45, 2.75) is 54.3 Å². The van der Waals surface area contributed by atoms with Crippen LogP contribution in [0.25, 0.3) is 0 Å². The van der Waals surface area contributed by atoms with Crippen molar-refractivity contribution in [1.82, 2.24) is 0 Å². The summed E-state index contributed by atoms with van der Waals surface area (Å²) in [5.41, 5.74) is -2.84. The van der Waals surface area contributed by atoms with Gasteiger partial charge in [0, 0.05) is 21.2 Å². The number of carboxylic acid groups (broad SMARTS) is 3. The second-order valence-corrected chi connectivity index (χ2v) is 9.59. The van der Waals surface area contributed by atoms with Gasteiger partial charge in [-0.05, 0) is 24.7 Å². The topological polar surface area (TPSA) is 173 Å². The van der Waals surface area contributed by atoms with Crippen LogP contribution in [-0.4, -0.2) is 84.1 Å². The van der Waals surface area contributed by atoms with Crippen LogP contribution in [0.15, 0.2) is 0 Å². The molecule has 170 valence electrons. The van der Waals surface area contributed by atoms with Crippen molar-refractivity contribution in [3.63, 3.8) is 0 Å². The van der Waals surface area contributed by atoms with Crippen LogP contribution < -0.4 is 0 Å². The Morgan fingerprint density at radius 1 is 0.586 bits per heavy atom. The van der Waals surface area contributed by atoms with E-state index in [9.17, 15) is 29.7 Å². The quantitative estimate of drug-likeness (QED) is 0.144. The summed E-state index contributed by atoms with van der Waals surface area (Å²) in [6.45, 7) is -2.10. The third-order valence-corrected chi connectivity index (χ3v) is 6.24. The first-order valence-corrected chi connectivity index (χ1v) is 10.4. The molecule has 0 saturated carbocycles. The molecule has 0 rings (SSSR count). The molecule has 29 heavy (non-hydrogen) atoms. The van der Waals surface area contributed by atoms with Crippen molar-refractivity contribution in [1.29, 1.82) is 0 Å². The highest BCUT2D eigenvalue weighted by Crippen LogP contribution is 2.52. The van der Waals surface area contributed by atoms with E-state index in [1.807, 2.05) is 0 Å². The fourth-order valence-corrected chi connectivity index (χ4v) is 5.24. The molecule has 3 unspecified atom stereocenters. The third-order valence-electron chi connectivity index (χ3n) is 5.14. The van der Waals surface area contributed by atoms with E-state index in [4.69, 9.17) is 15.3 Å². The van der Waals surface area contributed by atoms with E-state index in [-0.39, 0.29) is 38.5 Å². The minimum atomic E-state index is -1.56. The van der Waals surface area contributed by atoms with Gasteiger partial charge >= 0.3 is 17.9 Å². The highest BCUT2D eigenvalue weighted by Gasteiger charge is 2.52. The highest BCUT2D eigenvalue weighted by molar-refractivity contribution is 7.81. The van der Waals surface area contributed by atoms with Gasteiger partial charge in [-0.3, -0.25) is 14.4 Å². The van der Waals surface area contributed by atoms with E-state index in [1.165, 1.54) is 0 Å². The Balaban J connectivity index is 6.29. The Labute approximate surface area is 185 Å². The molecule has 0 saturated heterocycles. The maximum atomic E-state index is 11.1. The summed E-state index contributed by atoms with van der Waals surface area (Å²) >= 11 is 12.9. The molecule has 12 heteroatoms. The van der Waals surface area contributed by atoms with E-state index in [0.29, 0.717) is 0 Å². The zero-order valence-electron chi connectivity index (χ0n) is 15.8. The fraction of sp³-hybridized carbons (Fsp3) is 0.824. The number of carboxylic acids is 3. The Morgan fingerprint density at radius 3 is 1.00 bits per heavy atom.